The van der Waals surface area contributed by atoms with Crippen LogP contribution in [0.25, 0.3) is 5.69 Å². The van der Waals surface area contributed by atoms with Crippen LogP contribution < -0.4 is 4.90 Å². The highest BCUT2D eigenvalue weighted by Gasteiger charge is 2.19. The molecular formula is C26H34N4O. The van der Waals surface area contributed by atoms with Gasteiger partial charge in [-0.05, 0) is 68.6 Å². The van der Waals surface area contributed by atoms with Crippen LogP contribution in [0.2, 0.25) is 0 Å². The van der Waals surface area contributed by atoms with E-state index in [-0.39, 0.29) is 0 Å². The lowest BCUT2D eigenvalue weighted by Gasteiger charge is -2.37. The van der Waals surface area contributed by atoms with Crippen LogP contribution in [0.5, 0.6) is 0 Å². The molecule has 164 valence electrons. The molecule has 1 saturated heterocycles. The van der Waals surface area contributed by atoms with Gasteiger partial charge in [-0.25, -0.2) is 4.68 Å². The fraction of sp³-hybridized carbons (Fsp3) is 0.423. The van der Waals surface area contributed by atoms with Crippen molar-refractivity contribution < 1.29 is 4.74 Å². The van der Waals surface area contributed by atoms with Crippen molar-refractivity contribution in [1.82, 2.24) is 14.7 Å². The first-order chi connectivity index (χ1) is 15.2. The van der Waals surface area contributed by atoms with Crippen LogP contribution in [0.1, 0.15) is 28.9 Å². The van der Waals surface area contributed by atoms with Crippen LogP contribution in [-0.4, -0.2) is 54.5 Å². The second kappa shape index (κ2) is 10.1. The summed E-state index contributed by atoms with van der Waals surface area (Å²) in [7, 11) is 1.72. The zero-order valence-corrected chi connectivity index (χ0v) is 19.1. The zero-order chi connectivity index (χ0) is 21.6. The number of methoxy groups -OCH3 is 1. The van der Waals surface area contributed by atoms with Crippen LogP contribution >= 0.6 is 0 Å². The summed E-state index contributed by atoms with van der Waals surface area (Å²) in [5.74, 6) is 0. The van der Waals surface area contributed by atoms with E-state index in [9.17, 15) is 0 Å². The lowest BCUT2D eigenvalue weighted by Crippen LogP contribution is -2.47. The van der Waals surface area contributed by atoms with Crippen molar-refractivity contribution in [2.45, 2.75) is 33.3 Å². The molecule has 5 nitrogen and oxygen atoms in total. The molecule has 2 heterocycles. The molecule has 31 heavy (non-hydrogen) atoms. The van der Waals surface area contributed by atoms with Crippen molar-refractivity contribution in [3.8, 4) is 5.69 Å². The average molecular weight is 419 g/mol. The Morgan fingerprint density at radius 2 is 1.71 bits per heavy atom. The number of para-hydroxylation sites is 1. The maximum atomic E-state index is 5.31. The number of hydrogen-bond donors (Lipinski definition) is 0. The quantitative estimate of drug-likeness (QED) is 0.543. The van der Waals surface area contributed by atoms with E-state index in [2.05, 4.69) is 76.9 Å². The van der Waals surface area contributed by atoms with Gasteiger partial charge in [0.15, 0.2) is 0 Å². The predicted octanol–water partition coefficient (Wildman–Crippen LogP) is 4.39. The molecule has 0 bridgehead atoms. The lowest BCUT2D eigenvalue weighted by atomic mass is 10.1. The fourth-order valence-electron chi connectivity index (χ4n) is 4.44. The third kappa shape index (κ3) is 5.17. The van der Waals surface area contributed by atoms with Gasteiger partial charge in [0, 0.05) is 44.7 Å². The van der Waals surface area contributed by atoms with Crippen LogP contribution in [-0.2, 0) is 17.8 Å². The number of piperazine rings is 1. The largest absolute Gasteiger partial charge is 0.378 e. The maximum Gasteiger partial charge on any atom is 0.0902 e. The van der Waals surface area contributed by atoms with Gasteiger partial charge in [-0.3, -0.25) is 4.90 Å². The second-order valence-corrected chi connectivity index (χ2v) is 8.46. The molecule has 1 fully saturated rings. The summed E-state index contributed by atoms with van der Waals surface area (Å²) in [6.07, 6.45) is 2.15. The first-order valence-corrected chi connectivity index (χ1v) is 11.3. The summed E-state index contributed by atoms with van der Waals surface area (Å²) in [5, 5.41) is 4.77. The number of aryl methyl sites for hydroxylation is 2. The summed E-state index contributed by atoms with van der Waals surface area (Å²) in [4.78, 5) is 5.14. The molecule has 0 atom stereocenters. The molecule has 0 unspecified atom stereocenters. The highest BCUT2D eigenvalue weighted by Crippen LogP contribution is 2.24. The Kier molecular flexibility index (Phi) is 7.05. The molecule has 0 radical (unpaired) electrons. The van der Waals surface area contributed by atoms with Crippen LogP contribution in [0.15, 0.2) is 54.6 Å². The van der Waals surface area contributed by atoms with Gasteiger partial charge in [-0.1, -0.05) is 30.3 Å². The average Bonchev–Trinajstić information content (AvgIpc) is 3.20. The third-order valence-electron chi connectivity index (χ3n) is 6.32. The minimum atomic E-state index is 0.549. The van der Waals surface area contributed by atoms with Crippen molar-refractivity contribution in [3.05, 3.63) is 77.1 Å². The van der Waals surface area contributed by atoms with Crippen LogP contribution in [0, 0.1) is 13.8 Å². The van der Waals surface area contributed by atoms with Crippen molar-refractivity contribution >= 4 is 5.69 Å². The number of nitrogens with zero attached hydrogens (tertiary/aromatic N) is 4. The van der Waals surface area contributed by atoms with Gasteiger partial charge in [-0.15, -0.1) is 0 Å². The molecule has 1 aliphatic heterocycles. The van der Waals surface area contributed by atoms with E-state index in [0.29, 0.717) is 6.61 Å². The number of benzene rings is 2. The normalized spacial score (nSPS) is 14.9. The minimum Gasteiger partial charge on any atom is -0.378 e. The van der Waals surface area contributed by atoms with Crippen molar-refractivity contribution in [2.24, 2.45) is 0 Å². The highest BCUT2D eigenvalue weighted by atomic mass is 16.5. The van der Waals surface area contributed by atoms with Crippen LogP contribution in [0.3, 0.4) is 0 Å². The summed E-state index contributed by atoms with van der Waals surface area (Å²) < 4.78 is 7.38. The van der Waals surface area contributed by atoms with E-state index < -0.39 is 0 Å². The molecule has 3 aromatic rings. The number of aromatic nitrogens is 2. The van der Waals surface area contributed by atoms with E-state index >= 15 is 0 Å². The molecule has 5 heteroatoms. The first-order valence-electron chi connectivity index (χ1n) is 11.3. The number of ether oxygens (including phenoxy) is 1. The van der Waals surface area contributed by atoms with Crippen LogP contribution in [0.4, 0.5) is 5.69 Å². The molecule has 0 N–H and O–H groups in total. The molecule has 0 amide bonds. The minimum absolute atomic E-state index is 0.549. The Hall–Kier alpha value is -2.63. The number of anilines is 1. The van der Waals surface area contributed by atoms with Gasteiger partial charge in [0.2, 0.25) is 0 Å². The van der Waals surface area contributed by atoms with Crippen molar-refractivity contribution in [1.29, 1.82) is 0 Å². The van der Waals surface area contributed by atoms with Gasteiger partial charge in [0.05, 0.1) is 18.0 Å². The fourth-order valence-corrected chi connectivity index (χ4v) is 4.44. The standard InChI is InChI=1S/C26H34N4O/c1-21-9-7-13-26(22(21)2)29-17-15-28(16-18-29)14-8-12-25-19-23(20-31-3)27-30(25)24-10-5-4-6-11-24/h4-7,9-11,13,19H,8,12,14-18,20H2,1-3H3. The molecule has 2 aromatic carbocycles. The molecule has 0 spiro atoms. The molecule has 0 saturated carbocycles. The van der Waals surface area contributed by atoms with E-state index in [1.807, 2.05) is 6.07 Å². The molecule has 4 rings (SSSR count). The van der Waals surface area contributed by atoms with E-state index in [1.54, 1.807) is 7.11 Å². The molecule has 1 aromatic heterocycles. The monoisotopic (exact) mass is 418 g/mol. The van der Waals surface area contributed by atoms with E-state index in [0.717, 1.165) is 56.9 Å². The number of hydrogen-bond acceptors (Lipinski definition) is 4. The van der Waals surface area contributed by atoms with Crippen molar-refractivity contribution in [2.75, 3.05) is 44.7 Å². The summed E-state index contributed by atoms with van der Waals surface area (Å²) in [6.45, 7) is 10.6. The zero-order valence-electron chi connectivity index (χ0n) is 19.1. The van der Waals surface area contributed by atoms with E-state index in [4.69, 9.17) is 9.84 Å². The Morgan fingerprint density at radius 3 is 2.45 bits per heavy atom. The Bertz CT molecular complexity index is 974. The molecular weight excluding hydrogens is 384 g/mol. The van der Waals surface area contributed by atoms with Gasteiger partial charge in [0.25, 0.3) is 0 Å². The molecule has 0 aliphatic carbocycles. The summed E-state index contributed by atoms with van der Waals surface area (Å²) in [5.41, 5.74) is 7.55. The molecule has 1 aliphatic rings. The third-order valence-corrected chi connectivity index (χ3v) is 6.32. The maximum absolute atomic E-state index is 5.31. The highest BCUT2D eigenvalue weighted by molar-refractivity contribution is 5.56. The second-order valence-electron chi connectivity index (χ2n) is 8.46. The first kappa shape index (κ1) is 21.6. The smallest absolute Gasteiger partial charge is 0.0902 e. The summed E-state index contributed by atoms with van der Waals surface area (Å²) >= 11 is 0. The van der Waals surface area contributed by atoms with Gasteiger partial charge in [-0.2, -0.15) is 5.10 Å². The van der Waals surface area contributed by atoms with Crippen molar-refractivity contribution in [3.63, 3.8) is 0 Å². The predicted molar refractivity (Wildman–Crippen MR) is 127 cm³/mol. The summed E-state index contributed by atoms with van der Waals surface area (Å²) in [6, 6.07) is 19.2. The van der Waals surface area contributed by atoms with Gasteiger partial charge in [0.1, 0.15) is 0 Å². The SMILES string of the molecule is COCc1cc(CCCN2CCN(c3cccc(C)c3C)CC2)n(-c2ccccc2)n1. The Labute approximate surface area is 186 Å². The van der Waals surface area contributed by atoms with Gasteiger partial charge >= 0.3 is 0 Å². The Morgan fingerprint density at radius 1 is 0.935 bits per heavy atom. The topological polar surface area (TPSA) is 33.5 Å². The van der Waals surface area contributed by atoms with E-state index in [1.165, 1.54) is 22.5 Å². The van der Waals surface area contributed by atoms with Gasteiger partial charge < -0.3 is 9.64 Å². The Balaban J connectivity index is 1.33. The lowest BCUT2D eigenvalue weighted by molar-refractivity contribution is 0.181. The number of rotatable bonds is 8.